The van der Waals surface area contributed by atoms with Crippen LogP contribution >= 0.6 is 0 Å². The van der Waals surface area contributed by atoms with Crippen molar-refractivity contribution in [3.63, 3.8) is 0 Å². The van der Waals surface area contributed by atoms with Crippen molar-refractivity contribution in [3.8, 4) is 0 Å². The lowest BCUT2D eigenvalue weighted by atomic mass is 10.2. The Balaban J connectivity index is 2.29. The Labute approximate surface area is 100 Å². The number of nitrogens with two attached hydrogens (primary N) is 1. The van der Waals surface area contributed by atoms with Crippen molar-refractivity contribution in [3.05, 3.63) is 24.0 Å². The van der Waals surface area contributed by atoms with E-state index in [4.69, 9.17) is 5.73 Å². The van der Waals surface area contributed by atoms with Crippen LogP contribution in [0.2, 0.25) is 0 Å². The second-order valence-corrected chi connectivity index (χ2v) is 6.73. The van der Waals surface area contributed by atoms with E-state index >= 15 is 0 Å². The van der Waals surface area contributed by atoms with Crippen LogP contribution in [0.15, 0.2) is 23.1 Å². The fourth-order valence-corrected chi connectivity index (χ4v) is 3.21. The Bertz CT molecular complexity index is 555. The molecule has 6 heteroatoms. The molecule has 4 nitrogen and oxygen atoms in total. The molecule has 1 fully saturated rings. The van der Waals surface area contributed by atoms with Gasteiger partial charge in [0.25, 0.3) is 0 Å². The molecule has 1 aromatic rings. The minimum Gasteiger partial charge on any atom is -0.398 e. The molecule has 0 saturated heterocycles. The average Bonchev–Trinajstić information content (AvgIpc) is 2.76. The fourth-order valence-electron chi connectivity index (χ4n) is 1.66. The number of rotatable bonds is 3. The third-order valence-corrected chi connectivity index (χ3v) is 4.60. The molecule has 1 saturated carbocycles. The molecule has 0 aromatic heterocycles. The van der Waals surface area contributed by atoms with E-state index in [2.05, 4.69) is 4.72 Å². The molecular weight excluding hydrogens is 243 g/mol. The van der Waals surface area contributed by atoms with E-state index in [0.717, 1.165) is 18.6 Å². The van der Waals surface area contributed by atoms with Gasteiger partial charge in [-0.2, -0.15) is 0 Å². The summed E-state index contributed by atoms with van der Waals surface area (Å²) in [6.45, 7) is 3.93. The number of halogens is 1. The first-order chi connectivity index (χ1) is 7.72. The SMILES string of the molecule is CC1(C)CC1NS(=O)(=O)c1cc(F)ccc1N. The Morgan fingerprint density at radius 1 is 1.47 bits per heavy atom. The zero-order chi connectivity index (χ0) is 12.8. The van der Waals surface area contributed by atoms with Gasteiger partial charge in [-0.3, -0.25) is 0 Å². The Kier molecular flexibility index (Phi) is 2.67. The van der Waals surface area contributed by atoms with Gasteiger partial charge in [-0.05, 0) is 30.0 Å². The van der Waals surface area contributed by atoms with Crippen molar-refractivity contribution in [2.45, 2.75) is 31.2 Å². The van der Waals surface area contributed by atoms with Crippen LogP contribution in [0.1, 0.15) is 20.3 Å². The summed E-state index contributed by atoms with van der Waals surface area (Å²) < 4.78 is 39.5. The lowest BCUT2D eigenvalue weighted by Gasteiger charge is -2.10. The Morgan fingerprint density at radius 3 is 2.59 bits per heavy atom. The predicted molar refractivity (Wildman–Crippen MR) is 63.3 cm³/mol. The van der Waals surface area contributed by atoms with Gasteiger partial charge in [-0.15, -0.1) is 0 Å². The summed E-state index contributed by atoms with van der Waals surface area (Å²) in [5, 5.41) is 0. The van der Waals surface area contributed by atoms with Crippen LogP contribution < -0.4 is 10.5 Å². The Morgan fingerprint density at radius 2 is 2.06 bits per heavy atom. The number of nitrogens with one attached hydrogen (secondary N) is 1. The Hall–Kier alpha value is -1.14. The van der Waals surface area contributed by atoms with Crippen LogP contribution in [0.4, 0.5) is 10.1 Å². The summed E-state index contributed by atoms with van der Waals surface area (Å²) in [6, 6.07) is 3.22. The van der Waals surface area contributed by atoms with Gasteiger partial charge in [0.2, 0.25) is 10.0 Å². The molecule has 0 spiro atoms. The molecular formula is C11H15FN2O2S. The lowest BCUT2D eigenvalue weighted by molar-refractivity contribution is 0.553. The molecule has 1 unspecified atom stereocenters. The number of anilines is 1. The molecule has 1 aliphatic carbocycles. The van der Waals surface area contributed by atoms with Gasteiger partial charge in [0.1, 0.15) is 10.7 Å². The molecule has 0 radical (unpaired) electrons. The standard InChI is InChI=1S/C11H15FN2O2S/c1-11(2)6-10(11)14-17(15,16)9-5-7(12)3-4-8(9)13/h3-5,10,14H,6,13H2,1-2H3. The van der Waals surface area contributed by atoms with E-state index in [1.54, 1.807) is 0 Å². The average molecular weight is 258 g/mol. The van der Waals surface area contributed by atoms with Crippen molar-refractivity contribution in [1.29, 1.82) is 0 Å². The summed E-state index contributed by atoms with van der Waals surface area (Å²) in [6.07, 6.45) is 0.779. The molecule has 0 amide bonds. The van der Waals surface area contributed by atoms with E-state index in [0.29, 0.717) is 0 Å². The van der Waals surface area contributed by atoms with E-state index in [-0.39, 0.29) is 22.0 Å². The molecule has 0 bridgehead atoms. The van der Waals surface area contributed by atoms with Crippen molar-refractivity contribution in [1.82, 2.24) is 4.72 Å². The van der Waals surface area contributed by atoms with Crippen LogP contribution in [0.5, 0.6) is 0 Å². The normalized spacial score (nSPS) is 22.4. The number of hydrogen-bond acceptors (Lipinski definition) is 3. The summed E-state index contributed by atoms with van der Waals surface area (Å²) in [5.74, 6) is -0.616. The van der Waals surface area contributed by atoms with Gasteiger partial charge in [-0.1, -0.05) is 13.8 Å². The number of sulfonamides is 1. The van der Waals surface area contributed by atoms with Crippen molar-refractivity contribution in [2.24, 2.45) is 5.41 Å². The van der Waals surface area contributed by atoms with Gasteiger partial charge in [0.05, 0.1) is 5.69 Å². The second-order valence-electron chi connectivity index (χ2n) is 5.05. The van der Waals surface area contributed by atoms with Crippen molar-refractivity contribution >= 4 is 15.7 Å². The number of hydrogen-bond donors (Lipinski definition) is 2. The van der Waals surface area contributed by atoms with Crippen LogP contribution in [0.25, 0.3) is 0 Å². The summed E-state index contributed by atoms with van der Waals surface area (Å²) >= 11 is 0. The van der Waals surface area contributed by atoms with Crippen LogP contribution in [0.3, 0.4) is 0 Å². The molecule has 3 N–H and O–H groups in total. The molecule has 2 rings (SSSR count). The van der Waals surface area contributed by atoms with E-state index < -0.39 is 15.8 Å². The van der Waals surface area contributed by atoms with E-state index in [1.807, 2.05) is 13.8 Å². The minimum atomic E-state index is -3.74. The highest BCUT2D eigenvalue weighted by molar-refractivity contribution is 7.89. The van der Waals surface area contributed by atoms with E-state index in [9.17, 15) is 12.8 Å². The quantitative estimate of drug-likeness (QED) is 0.807. The largest absolute Gasteiger partial charge is 0.398 e. The van der Waals surface area contributed by atoms with Crippen LogP contribution in [-0.4, -0.2) is 14.5 Å². The second kappa shape index (κ2) is 3.68. The summed E-state index contributed by atoms with van der Waals surface area (Å²) in [7, 11) is -3.74. The first-order valence-electron chi connectivity index (χ1n) is 5.30. The van der Waals surface area contributed by atoms with Gasteiger partial charge in [0, 0.05) is 6.04 Å². The van der Waals surface area contributed by atoms with Gasteiger partial charge < -0.3 is 5.73 Å². The van der Waals surface area contributed by atoms with Gasteiger partial charge >= 0.3 is 0 Å². The van der Waals surface area contributed by atoms with Crippen LogP contribution in [-0.2, 0) is 10.0 Å². The molecule has 1 aliphatic rings. The first-order valence-corrected chi connectivity index (χ1v) is 6.78. The number of nitrogen functional groups attached to an aromatic ring is 1. The topological polar surface area (TPSA) is 72.2 Å². The van der Waals surface area contributed by atoms with Crippen molar-refractivity contribution < 1.29 is 12.8 Å². The lowest BCUT2D eigenvalue weighted by Crippen LogP contribution is -2.29. The smallest absolute Gasteiger partial charge is 0.242 e. The maximum Gasteiger partial charge on any atom is 0.242 e. The molecule has 1 aromatic carbocycles. The third-order valence-electron chi connectivity index (χ3n) is 3.08. The molecule has 94 valence electrons. The minimum absolute atomic E-state index is 0.0326. The monoisotopic (exact) mass is 258 g/mol. The first kappa shape index (κ1) is 12.3. The van der Waals surface area contributed by atoms with Gasteiger partial charge in [0.15, 0.2) is 0 Å². The number of benzene rings is 1. The molecule has 17 heavy (non-hydrogen) atoms. The zero-order valence-electron chi connectivity index (χ0n) is 9.70. The van der Waals surface area contributed by atoms with E-state index in [1.165, 1.54) is 6.07 Å². The highest BCUT2D eigenvalue weighted by Crippen LogP contribution is 2.45. The molecule has 0 aliphatic heterocycles. The van der Waals surface area contributed by atoms with Crippen LogP contribution in [0, 0.1) is 11.2 Å². The van der Waals surface area contributed by atoms with Gasteiger partial charge in [-0.25, -0.2) is 17.5 Å². The highest BCUT2D eigenvalue weighted by Gasteiger charge is 2.48. The summed E-state index contributed by atoms with van der Waals surface area (Å²) in [5.41, 5.74) is 5.57. The summed E-state index contributed by atoms with van der Waals surface area (Å²) in [4.78, 5) is -0.194. The maximum absolute atomic E-state index is 13.0. The van der Waals surface area contributed by atoms with Crippen molar-refractivity contribution in [2.75, 3.05) is 5.73 Å². The predicted octanol–water partition coefficient (Wildman–Crippen LogP) is 1.48. The fraction of sp³-hybridized carbons (Fsp3) is 0.455. The third kappa shape index (κ3) is 2.42. The maximum atomic E-state index is 13.0. The zero-order valence-corrected chi connectivity index (χ0v) is 10.5. The highest BCUT2D eigenvalue weighted by atomic mass is 32.2. The molecule has 0 heterocycles. The molecule has 1 atom stereocenters.